The van der Waals surface area contributed by atoms with E-state index in [2.05, 4.69) is 6.92 Å². The smallest absolute Gasteiger partial charge is 0.119 e. The van der Waals surface area contributed by atoms with E-state index in [0.29, 0.717) is 0 Å². The third-order valence-electron chi connectivity index (χ3n) is 1.93. The molecular weight excluding hydrogens is 164 g/mol. The van der Waals surface area contributed by atoms with Gasteiger partial charge in [-0.25, -0.2) is 0 Å². The monoisotopic (exact) mass is 180 g/mol. The van der Waals surface area contributed by atoms with Gasteiger partial charge in [-0.3, -0.25) is 0 Å². The van der Waals surface area contributed by atoms with Crippen LogP contribution in [0.1, 0.15) is 19.4 Å². The van der Waals surface area contributed by atoms with Crippen LogP contribution in [0.2, 0.25) is 0 Å². The Hall–Kier alpha value is -1.02. The lowest BCUT2D eigenvalue weighted by molar-refractivity contribution is 0.129. The number of aliphatic hydroxyl groups excluding tert-OH is 1. The Morgan fingerprint density at radius 2 is 1.92 bits per heavy atom. The van der Waals surface area contributed by atoms with Gasteiger partial charge in [0.15, 0.2) is 0 Å². The third kappa shape index (κ3) is 3.07. The second kappa shape index (κ2) is 4.87. The summed E-state index contributed by atoms with van der Waals surface area (Å²) in [5.74, 6) is 0.818. The van der Waals surface area contributed by atoms with Gasteiger partial charge < -0.3 is 9.84 Å². The average Bonchev–Trinajstić information content (AvgIpc) is 2.19. The molecule has 0 aliphatic carbocycles. The van der Waals surface area contributed by atoms with Crippen molar-refractivity contribution in [3.8, 4) is 5.75 Å². The molecule has 0 aliphatic rings. The zero-order chi connectivity index (χ0) is 9.68. The minimum atomic E-state index is -0.132. The van der Waals surface area contributed by atoms with Crippen molar-refractivity contribution in [2.24, 2.45) is 0 Å². The van der Waals surface area contributed by atoms with E-state index < -0.39 is 0 Å². The van der Waals surface area contributed by atoms with Crippen molar-refractivity contribution in [3.63, 3.8) is 0 Å². The number of benzene rings is 1. The fourth-order valence-electron chi connectivity index (χ4n) is 1.07. The first kappa shape index (κ1) is 10.1. The van der Waals surface area contributed by atoms with Crippen molar-refractivity contribution in [3.05, 3.63) is 29.8 Å². The maximum Gasteiger partial charge on any atom is 0.119 e. The van der Waals surface area contributed by atoms with Crippen LogP contribution in [0.4, 0.5) is 0 Å². The molecule has 0 amide bonds. The second-order valence-corrected chi connectivity index (χ2v) is 3.11. The van der Waals surface area contributed by atoms with Crippen LogP contribution in [0.25, 0.3) is 0 Å². The van der Waals surface area contributed by atoms with Crippen molar-refractivity contribution in [1.82, 2.24) is 0 Å². The highest BCUT2D eigenvalue weighted by Gasteiger charge is 2.00. The molecule has 0 aromatic heterocycles. The Labute approximate surface area is 79.2 Å². The Morgan fingerprint density at radius 3 is 2.38 bits per heavy atom. The quantitative estimate of drug-likeness (QED) is 0.768. The Bertz CT molecular complexity index is 241. The van der Waals surface area contributed by atoms with E-state index in [1.165, 1.54) is 5.56 Å². The summed E-state index contributed by atoms with van der Waals surface area (Å²) in [7, 11) is 0. The fraction of sp³-hybridized carbons (Fsp3) is 0.455. The minimum absolute atomic E-state index is 0.0511. The van der Waals surface area contributed by atoms with Gasteiger partial charge in [-0.1, -0.05) is 19.1 Å². The van der Waals surface area contributed by atoms with Gasteiger partial charge in [0, 0.05) is 0 Å². The van der Waals surface area contributed by atoms with Crippen LogP contribution in [0.15, 0.2) is 24.3 Å². The van der Waals surface area contributed by atoms with Gasteiger partial charge in [-0.15, -0.1) is 0 Å². The lowest BCUT2D eigenvalue weighted by Crippen LogP contribution is -2.15. The highest BCUT2D eigenvalue weighted by atomic mass is 16.5. The first-order valence-electron chi connectivity index (χ1n) is 4.62. The summed E-state index contributed by atoms with van der Waals surface area (Å²) < 4.78 is 5.41. The van der Waals surface area contributed by atoms with Gasteiger partial charge in [0.05, 0.1) is 6.61 Å². The Kier molecular flexibility index (Phi) is 3.77. The van der Waals surface area contributed by atoms with Crippen molar-refractivity contribution < 1.29 is 9.84 Å². The number of aliphatic hydroxyl groups is 1. The van der Waals surface area contributed by atoms with Gasteiger partial charge in [0.2, 0.25) is 0 Å². The highest BCUT2D eigenvalue weighted by molar-refractivity contribution is 5.27. The molecule has 0 bridgehead atoms. The summed E-state index contributed by atoms with van der Waals surface area (Å²) in [4.78, 5) is 0. The molecule has 2 heteroatoms. The van der Waals surface area contributed by atoms with Crippen LogP contribution in [-0.4, -0.2) is 17.8 Å². The minimum Gasteiger partial charge on any atom is -0.488 e. The van der Waals surface area contributed by atoms with Crippen molar-refractivity contribution in [1.29, 1.82) is 0 Å². The highest BCUT2D eigenvalue weighted by Crippen LogP contribution is 2.13. The molecule has 0 heterocycles. The number of hydrogen-bond donors (Lipinski definition) is 1. The van der Waals surface area contributed by atoms with Gasteiger partial charge in [0.1, 0.15) is 11.9 Å². The van der Waals surface area contributed by atoms with Crippen LogP contribution in [-0.2, 0) is 6.42 Å². The number of aryl methyl sites for hydroxylation is 1. The number of rotatable bonds is 4. The SMILES string of the molecule is CCc1ccc(O[C@H](C)CO)cc1. The van der Waals surface area contributed by atoms with Crippen molar-refractivity contribution in [2.75, 3.05) is 6.61 Å². The molecule has 1 atom stereocenters. The Balaban J connectivity index is 2.58. The normalized spacial score (nSPS) is 12.5. The van der Waals surface area contributed by atoms with Crippen LogP contribution in [0, 0.1) is 0 Å². The van der Waals surface area contributed by atoms with Crippen molar-refractivity contribution >= 4 is 0 Å². The van der Waals surface area contributed by atoms with E-state index >= 15 is 0 Å². The van der Waals surface area contributed by atoms with Crippen LogP contribution in [0.3, 0.4) is 0 Å². The molecule has 0 saturated carbocycles. The molecule has 0 aliphatic heterocycles. The number of ether oxygens (including phenoxy) is 1. The largest absolute Gasteiger partial charge is 0.488 e. The molecule has 1 rings (SSSR count). The molecule has 2 nitrogen and oxygen atoms in total. The molecule has 72 valence electrons. The van der Waals surface area contributed by atoms with E-state index in [-0.39, 0.29) is 12.7 Å². The fourth-order valence-corrected chi connectivity index (χ4v) is 1.07. The first-order chi connectivity index (χ1) is 6.26. The topological polar surface area (TPSA) is 29.5 Å². The molecule has 1 aromatic rings. The summed E-state index contributed by atoms with van der Waals surface area (Å²) in [6, 6.07) is 7.95. The lowest BCUT2D eigenvalue weighted by atomic mass is 10.2. The molecule has 0 fully saturated rings. The molecule has 0 unspecified atom stereocenters. The Morgan fingerprint density at radius 1 is 1.31 bits per heavy atom. The van der Waals surface area contributed by atoms with E-state index in [0.717, 1.165) is 12.2 Å². The first-order valence-corrected chi connectivity index (χ1v) is 4.62. The molecule has 0 saturated heterocycles. The number of hydrogen-bond acceptors (Lipinski definition) is 2. The summed E-state index contributed by atoms with van der Waals surface area (Å²) in [6.45, 7) is 4.01. The van der Waals surface area contributed by atoms with E-state index in [1.54, 1.807) is 0 Å². The van der Waals surface area contributed by atoms with Crippen LogP contribution < -0.4 is 4.74 Å². The summed E-state index contributed by atoms with van der Waals surface area (Å²) in [5, 5.41) is 8.77. The summed E-state index contributed by atoms with van der Waals surface area (Å²) >= 11 is 0. The second-order valence-electron chi connectivity index (χ2n) is 3.11. The van der Waals surface area contributed by atoms with Gasteiger partial charge in [-0.2, -0.15) is 0 Å². The third-order valence-corrected chi connectivity index (χ3v) is 1.93. The predicted octanol–water partition coefficient (Wildman–Crippen LogP) is 2.01. The van der Waals surface area contributed by atoms with E-state index in [4.69, 9.17) is 9.84 Å². The van der Waals surface area contributed by atoms with E-state index in [1.807, 2.05) is 31.2 Å². The molecule has 0 spiro atoms. The zero-order valence-corrected chi connectivity index (χ0v) is 8.16. The van der Waals surface area contributed by atoms with Crippen LogP contribution >= 0.6 is 0 Å². The maximum absolute atomic E-state index is 8.77. The lowest BCUT2D eigenvalue weighted by Gasteiger charge is -2.11. The average molecular weight is 180 g/mol. The van der Waals surface area contributed by atoms with Gasteiger partial charge >= 0.3 is 0 Å². The van der Waals surface area contributed by atoms with Crippen LogP contribution in [0.5, 0.6) is 5.75 Å². The van der Waals surface area contributed by atoms with E-state index in [9.17, 15) is 0 Å². The standard InChI is InChI=1S/C11H16O2/c1-3-10-4-6-11(7-5-10)13-9(2)8-12/h4-7,9,12H,3,8H2,1-2H3/t9-/m1/s1. The van der Waals surface area contributed by atoms with Gasteiger partial charge in [0.25, 0.3) is 0 Å². The van der Waals surface area contributed by atoms with Gasteiger partial charge in [-0.05, 0) is 31.0 Å². The summed E-state index contributed by atoms with van der Waals surface area (Å²) in [6.07, 6.45) is 0.906. The summed E-state index contributed by atoms with van der Waals surface area (Å²) in [5.41, 5.74) is 1.30. The molecular formula is C11H16O2. The molecule has 0 radical (unpaired) electrons. The molecule has 1 N–H and O–H groups in total. The molecule has 1 aromatic carbocycles. The molecule has 13 heavy (non-hydrogen) atoms. The maximum atomic E-state index is 8.77. The predicted molar refractivity (Wildman–Crippen MR) is 53.0 cm³/mol. The van der Waals surface area contributed by atoms with Crippen molar-refractivity contribution in [2.45, 2.75) is 26.4 Å². The zero-order valence-electron chi connectivity index (χ0n) is 8.16.